The Kier molecular flexibility index (Phi) is 2.10. The fourth-order valence-corrected chi connectivity index (χ4v) is 1.08. The van der Waals surface area contributed by atoms with E-state index in [4.69, 9.17) is 11.6 Å². The standard InChI is InChI=1S/C7H9ClN4/c8-6-3-11-7(4-10-6)12-5-1-9-2-5/h3-5,9H,1-2H2,(H,11,12). The van der Waals surface area contributed by atoms with E-state index in [9.17, 15) is 0 Å². The van der Waals surface area contributed by atoms with Gasteiger partial charge in [0.25, 0.3) is 0 Å². The third-order valence-corrected chi connectivity index (χ3v) is 1.95. The summed E-state index contributed by atoms with van der Waals surface area (Å²) in [6, 6.07) is 0.487. The highest BCUT2D eigenvalue weighted by Gasteiger charge is 2.16. The molecule has 0 aromatic carbocycles. The van der Waals surface area contributed by atoms with Crippen molar-refractivity contribution >= 4 is 17.4 Å². The number of halogens is 1. The molecule has 0 radical (unpaired) electrons. The van der Waals surface area contributed by atoms with E-state index in [0.29, 0.717) is 11.2 Å². The second-order valence-electron chi connectivity index (χ2n) is 2.72. The van der Waals surface area contributed by atoms with Crippen molar-refractivity contribution in [2.45, 2.75) is 6.04 Å². The molecule has 0 atom stereocenters. The first-order valence-electron chi connectivity index (χ1n) is 3.79. The fourth-order valence-electron chi connectivity index (χ4n) is 0.987. The summed E-state index contributed by atoms with van der Waals surface area (Å²) >= 11 is 5.58. The lowest BCUT2D eigenvalue weighted by Gasteiger charge is -2.28. The molecule has 1 fully saturated rings. The van der Waals surface area contributed by atoms with Crippen LogP contribution >= 0.6 is 11.6 Å². The Morgan fingerprint density at radius 1 is 1.42 bits per heavy atom. The van der Waals surface area contributed by atoms with Crippen molar-refractivity contribution in [1.29, 1.82) is 0 Å². The largest absolute Gasteiger partial charge is 0.363 e. The Bertz CT molecular complexity index is 257. The van der Waals surface area contributed by atoms with Crippen LogP contribution in [0.5, 0.6) is 0 Å². The quantitative estimate of drug-likeness (QED) is 0.704. The van der Waals surface area contributed by atoms with Crippen LogP contribution in [0.15, 0.2) is 12.4 Å². The molecule has 1 aliphatic rings. The van der Waals surface area contributed by atoms with Gasteiger partial charge in [0.1, 0.15) is 11.0 Å². The number of aromatic nitrogens is 2. The Balaban J connectivity index is 1.98. The number of hydrogen-bond acceptors (Lipinski definition) is 4. The van der Waals surface area contributed by atoms with Crippen LogP contribution in [0.25, 0.3) is 0 Å². The van der Waals surface area contributed by atoms with Crippen LogP contribution in [0.2, 0.25) is 5.15 Å². The van der Waals surface area contributed by atoms with Crippen LogP contribution in [-0.4, -0.2) is 29.1 Å². The predicted molar refractivity (Wildman–Crippen MR) is 47.3 cm³/mol. The summed E-state index contributed by atoms with van der Waals surface area (Å²) in [6.07, 6.45) is 3.18. The average Bonchev–Trinajstić information content (AvgIpc) is 2.00. The number of nitrogens with zero attached hydrogens (tertiary/aromatic N) is 2. The molecule has 0 spiro atoms. The molecule has 2 rings (SSSR count). The van der Waals surface area contributed by atoms with Crippen molar-refractivity contribution in [3.8, 4) is 0 Å². The molecule has 0 unspecified atom stereocenters. The van der Waals surface area contributed by atoms with Crippen LogP contribution in [-0.2, 0) is 0 Å². The Morgan fingerprint density at radius 3 is 2.75 bits per heavy atom. The third-order valence-electron chi connectivity index (χ3n) is 1.75. The van der Waals surface area contributed by atoms with Gasteiger partial charge in [0.15, 0.2) is 0 Å². The molecule has 4 nitrogen and oxygen atoms in total. The molecule has 1 saturated heterocycles. The molecular formula is C7H9ClN4. The molecule has 1 aliphatic heterocycles. The van der Waals surface area contributed by atoms with Crippen molar-refractivity contribution in [2.24, 2.45) is 0 Å². The van der Waals surface area contributed by atoms with Crippen LogP contribution < -0.4 is 10.6 Å². The van der Waals surface area contributed by atoms with E-state index >= 15 is 0 Å². The maximum Gasteiger partial charge on any atom is 0.147 e. The zero-order valence-corrected chi connectivity index (χ0v) is 7.17. The smallest absolute Gasteiger partial charge is 0.147 e. The van der Waals surface area contributed by atoms with Gasteiger partial charge in [-0.3, -0.25) is 0 Å². The minimum Gasteiger partial charge on any atom is -0.363 e. The van der Waals surface area contributed by atoms with Gasteiger partial charge in [-0.25, -0.2) is 9.97 Å². The van der Waals surface area contributed by atoms with Gasteiger partial charge in [-0.15, -0.1) is 0 Å². The first kappa shape index (κ1) is 7.76. The molecule has 1 aromatic heterocycles. The summed E-state index contributed by atoms with van der Waals surface area (Å²) < 4.78 is 0. The predicted octanol–water partition coefficient (Wildman–Crippen LogP) is 0.514. The molecule has 0 amide bonds. The number of anilines is 1. The first-order valence-corrected chi connectivity index (χ1v) is 4.17. The molecule has 2 heterocycles. The molecule has 2 N–H and O–H groups in total. The van der Waals surface area contributed by atoms with Gasteiger partial charge in [-0.1, -0.05) is 11.6 Å². The lowest BCUT2D eigenvalue weighted by atomic mass is 10.2. The lowest BCUT2D eigenvalue weighted by Crippen LogP contribution is -2.51. The van der Waals surface area contributed by atoms with E-state index in [1.165, 1.54) is 6.20 Å². The zero-order chi connectivity index (χ0) is 8.39. The molecule has 5 heteroatoms. The van der Waals surface area contributed by atoms with Crippen molar-refractivity contribution < 1.29 is 0 Å². The maximum atomic E-state index is 5.58. The molecule has 64 valence electrons. The minimum atomic E-state index is 0.423. The second kappa shape index (κ2) is 3.25. The molecule has 0 bridgehead atoms. The fraction of sp³-hybridized carbons (Fsp3) is 0.429. The Hall–Kier alpha value is -0.870. The van der Waals surface area contributed by atoms with E-state index in [-0.39, 0.29) is 0 Å². The highest BCUT2D eigenvalue weighted by Crippen LogP contribution is 2.07. The van der Waals surface area contributed by atoms with Crippen molar-refractivity contribution in [3.05, 3.63) is 17.5 Å². The summed E-state index contributed by atoms with van der Waals surface area (Å²) in [4.78, 5) is 7.98. The summed E-state index contributed by atoms with van der Waals surface area (Å²) in [5, 5.41) is 6.79. The van der Waals surface area contributed by atoms with Gasteiger partial charge in [0.2, 0.25) is 0 Å². The number of nitrogens with one attached hydrogen (secondary N) is 2. The summed E-state index contributed by atoms with van der Waals surface area (Å²) in [5.74, 6) is 0.783. The zero-order valence-electron chi connectivity index (χ0n) is 6.42. The van der Waals surface area contributed by atoms with E-state index < -0.39 is 0 Å². The van der Waals surface area contributed by atoms with Gasteiger partial charge < -0.3 is 10.6 Å². The second-order valence-corrected chi connectivity index (χ2v) is 3.11. The molecule has 0 saturated carbocycles. The average molecular weight is 185 g/mol. The maximum absolute atomic E-state index is 5.58. The van der Waals surface area contributed by atoms with Crippen LogP contribution in [0.3, 0.4) is 0 Å². The van der Waals surface area contributed by atoms with Gasteiger partial charge in [0, 0.05) is 13.1 Å². The minimum absolute atomic E-state index is 0.423. The molecule has 12 heavy (non-hydrogen) atoms. The van der Waals surface area contributed by atoms with Crippen LogP contribution in [0.4, 0.5) is 5.82 Å². The summed E-state index contributed by atoms with van der Waals surface area (Å²) in [7, 11) is 0. The SMILES string of the molecule is Clc1cnc(NC2CNC2)cn1. The van der Waals surface area contributed by atoms with E-state index in [0.717, 1.165) is 18.9 Å². The van der Waals surface area contributed by atoms with Crippen LogP contribution in [0.1, 0.15) is 0 Å². The first-order chi connectivity index (χ1) is 5.84. The number of rotatable bonds is 2. The van der Waals surface area contributed by atoms with Gasteiger partial charge in [-0.05, 0) is 0 Å². The Morgan fingerprint density at radius 2 is 2.25 bits per heavy atom. The van der Waals surface area contributed by atoms with Gasteiger partial charge in [0.05, 0.1) is 18.4 Å². The molecule has 1 aromatic rings. The van der Waals surface area contributed by atoms with E-state index in [1.54, 1.807) is 6.20 Å². The van der Waals surface area contributed by atoms with Crippen molar-refractivity contribution in [3.63, 3.8) is 0 Å². The Labute approximate surface area is 75.4 Å². The highest BCUT2D eigenvalue weighted by molar-refractivity contribution is 6.29. The topological polar surface area (TPSA) is 49.8 Å². The lowest BCUT2D eigenvalue weighted by molar-refractivity contribution is 0.471. The normalized spacial score (nSPS) is 17.1. The summed E-state index contributed by atoms with van der Waals surface area (Å²) in [6.45, 7) is 1.98. The van der Waals surface area contributed by atoms with Crippen LogP contribution in [0, 0.1) is 0 Å². The van der Waals surface area contributed by atoms with Crippen molar-refractivity contribution in [1.82, 2.24) is 15.3 Å². The van der Waals surface area contributed by atoms with E-state index in [1.807, 2.05) is 0 Å². The molecule has 0 aliphatic carbocycles. The monoisotopic (exact) mass is 184 g/mol. The summed E-state index contributed by atoms with van der Waals surface area (Å²) in [5.41, 5.74) is 0. The van der Waals surface area contributed by atoms with E-state index in [2.05, 4.69) is 20.6 Å². The van der Waals surface area contributed by atoms with Gasteiger partial charge >= 0.3 is 0 Å². The highest BCUT2D eigenvalue weighted by atomic mass is 35.5. The third kappa shape index (κ3) is 1.65. The molecular weight excluding hydrogens is 176 g/mol. The number of hydrogen-bond donors (Lipinski definition) is 2. The van der Waals surface area contributed by atoms with Crippen molar-refractivity contribution in [2.75, 3.05) is 18.4 Å². The van der Waals surface area contributed by atoms with Gasteiger partial charge in [-0.2, -0.15) is 0 Å².